The molecule has 1 N–H and O–H groups in total. The molecule has 1 fully saturated rings. The van der Waals surface area contributed by atoms with Crippen LogP contribution in [0.5, 0.6) is 17.5 Å². The molecule has 2 aromatic carbocycles. The van der Waals surface area contributed by atoms with Crippen molar-refractivity contribution in [2.75, 3.05) is 57.7 Å². The maximum absolute atomic E-state index is 11.9. The van der Waals surface area contributed by atoms with E-state index in [1.54, 1.807) is 31.1 Å². The highest BCUT2D eigenvalue weighted by Gasteiger charge is 2.26. The van der Waals surface area contributed by atoms with Crippen molar-refractivity contribution >= 4 is 17.3 Å². The summed E-state index contributed by atoms with van der Waals surface area (Å²) in [5.41, 5.74) is 4.85. The average Bonchev–Trinajstić information content (AvgIpc) is 3.60. The van der Waals surface area contributed by atoms with E-state index in [9.17, 15) is 5.11 Å². The maximum Gasteiger partial charge on any atom is 0.336 e. The lowest BCUT2D eigenvalue weighted by Gasteiger charge is -2.34. The zero-order chi connectivity index (χ0) is 37.5. The fourth-order valence-corrected chi connectivity index (χ4v) is 7.11. The summed E-state index contributed by atoms with van der Waals surface area (Å²) in [5, 5.41) is 16.8. The Labute approximate surface area is 313 Å². The van der Waals surface area contributed by atoms with E-state index in [2.05, 4.69) is 49.6 Å². The predicted octanol–water partition coefficient (Wildman–Crippen LogP) is 6.48. The third-order valence-corrected chi connectivity index (χ3v) is 10.1. The van der Waals surface area contributed by atoms with E-state index >= 15 is 0 Å². The molecule has 1 aliphatic rings. The summed E-state index contributed by atoms with van der Waals surface area (Å²) >= 11 is 0. The number of piperidine rings is 1. The number of nitrogens with zero attached hydrogens (tertiary/aromatic N) is 8. The van der Waals surface area contributed by atoms with Crippen molar-refractivity contribution in [1.29, 1.82) is 0 Å². The number of benzene rings is 2. The van der Waals surface area contributed by atoms with E-state index in [4.69, 9.17) is 34.3 Å². The predicted molar refractivity (Wildman–Crippen MR) is 208 cm³/mol. The Morgan fingerprint density at radius 1 is 0.868 bits per heavy atom. The molecule has 53 heavy (non-hydrogen) atoms. The summed E-state index contributed by atoms with van der Waals surface area (Å²) in [6, 6.07) is 18.3. The number of aliphatic hydroxyl groups is 1. The van der Waals surface area contributed by atoms with Gasteiger partial charge in [-0.2, -0.15) is 4.98 Å². The van der Waals surface area contributed by atoms with E-state index in [-0.39, 0.29) is 12.1 Å². The van der Waals surface area contributed by atoms with Gasteiger partial charge in [-0.15, -0.1) is 5.10 Å². The first-order chi connectivity index (χ1) is 25.7. The van der Waals surface area contributed by atoms with Crippen LogP contribution >= 0.6 is 0 Å². The number of methoxy groups -OCH3 is 2. The lowest BCUT2D eigenvalue weighted by atomic mass is 9.96. The molecule has 1 saturated heterocycles. The SMILES string of the molecule is CCC(CC)Oc1nc(N(Cc2ccc(OC)cc2)Cc2ccc(OC)cc2)c2ncc(C(O)c3cnc(N4CCC(CN(C)C)CC4)c(C)c3)n2n1. The first-order valence-corrected chi connectivity index (χ1v) is 18.7. The monoisotopic (exact) mass is 722 g/mol. The van der Waals surface area contributed by atoms with E-state index in [0.29, 0.717) is 41.7 Å². The number of hydrogen-bond donors (Lipinski definition) is 1. The van der Waals surface area contributed by atoms with Crippen LogP contribution in [0.4, 0.5) is 11.6 Å². The van der Waals surface area contributed by atoms with Gasteiger partial charge in [-0.25, -0.2) is 14.5 Å². The molecule has 1 aliphatic heterocycles. The molecule has 0 spiro atoms. The molecule has 12 heteroatoms. The number of aliphatic hydroxyl groups excluding tert-OH is 1. The Morgan fingerprint density at radius 3 is 2.00 bits per heavy atom. The van der Waals surface area contributed by atoms with Gasteiger partial charge >= 0.3 is 6.01 Å². The number of rotatable bonds is 16. The molecule has 282 valence electrons. The van der Waals surface area contributed by atoms with Crippen LogP contribution in [0, 0.1) is 12.8 Å². The number of aryl methyl sites for hydroxylation is 1. The van der Waals surface area contributed by atoms with Crippen molar-refractivity contribution in [1.82, 2.24) is 29.5 Å². The summed E-state index contributed by atoms with van der Waals surface area (Å²) in [7, 11) is 7.61. The highest BCUT2D eigenvalue weighted by atomic mass is 16.5. The first-order valence-electron chi connectivity index (χ1n) is 18.7. The van der Waals surface area contributed by atoms with Crippen LogP contribution in [-0.4, -0.2) is 88.6 Å². The van der Waals surface area contributed by atoms with Crippen LogP contribution < -0.4 is 24.0 Å². The second-order valence-corrected chi connectivity index (χ2v) is 14.2. The minimum absolute atomic E-state index is 0.0684. The molecule has 6 rings (SSSR count). The van der Waals surface area contributed by atoms with Crippen LogP contribution in [0.3, 0.4) is 0 Å². The Kier molecular flexibility index (Phi) is 12.3. The van der Waals surface area contributed by atoms with Crippen molar-refractivity contribution in [3.8, 4) is 17.5 Å². The number of imidazole rings is 1. The largest absolute Gasteiger partial charge is 0.497 e. The lowest BCUT2D eigenvalue weighted by molar-refractivity contribution is 0.172. The van der Waals surface area contributed by atoms with Gasteiger partial charge in [0.25, 0.3) is 0 Å². The molecular formula is C41H54N8O4. The van der Waals surface area contributed by atoms with Crippen LogP contribution in [-0.2, 0) is 13.1 Å². The Bertz CT molecular complexity index is 1870. The third-order valence-electron chi connectivity index (χ3n) is 10.1. The zero-order valence-corrected chi connectivity index (χ0v) is 32.2. The molecule has 0 amide bonds. The molecule has 0 saturated carbocycles. The summed E-state index contributed by atoms with van der Waals surface area (Å²) in [4.78, 5) is 21.5. The van der Waals surface area contributed by atoms with E-state index < -0.39 is 6.10 Å². The van der Waals surface area contributed by atoms with Crippen LogP contribution in [0.15, 0.2) is 67.0 Å². The number of aromatic nitrogens is 5. The van der Waals surface area contributed by atoms with Gasteiger partial charge in [-0.1, -0.05) is 38.1 Å². The number of anilines is 2. The number of ether oxygens (including phenoxy) is 3. The van der Waals surface area contributed by atoms with Gasteiger partial charge in [-0.3, -0.25) is 0 Å². The van der Waals surface area contributed by atoms with Gasteiger partial charge in [0.1, 0.15) is 29.5 Å². The Balaban J connectivity index is 1.36. The van der Waals surface area contributed by atoms with Crippen molar-refractivity contribution in [2.24, 2.45) is 5.92 Å². The molecule has 3 aromatic heterocycles. The first kappa shape index (κ1) is 37.8. The van der Waals surface area contributed by atoms with E-state index in [1.165, 1.54) is 0 Å². The van der Waals surface area contributed by atoms with Gasteiger partial charge in [0.15, 0.2) is 11.5 Å². The molecule has 0 aliphatic carbocycles. The van der Waals surface area contributed by atoms with Gasteiger partial charge < -0.3 is 34.0 Å². The number of pyridine rings is 1. The van der Waals surface area contributed by atoms with E-state index in [1.807, 2.05) is 54.6 Å². The van der Waals surface area contributed by atoms with E-state index in [0.717, 1.165) is 79.3 Å². The van der Waals surface area contributed by atoms with Gasteiger partial charge in [0, 0.05) is 44.5 Å². The minimum atomic E-state index is -1.03. The van der Waals surface area contributed by atoms with Crippen LogP contribution in [0.25, 0.3) is 5.65 Å². The average molecular weight is 723 g/mol. The lowest BCUT2D eigenvalue weighted by Crippen LogP contribution is -2.37. The quantitative estimate of drug-likeness (QED) is 0.121. The normalized spacial score (nSPS) is 14.3. The van der Waals surface area contributed by atoms with Gasteiger partial charge in [0.2, 0.25) is 0 Å². The highest BCUT2D eigenvalue weighted by molar-refractivity contribution is 5.65. The topological polar surface area (TPSA) is 114 Å². The smallest absolute Gasteiger partial charge is 0.336 e. The third kappa shape index (κ3) is 9.00. The molecule has 0 bridgehead atoms. The molecular weight excluding hydrogens is 669 g/mol. The van der Waals surface area contributed by atoms with Crippen LogP contribution in [0.2, 0.25) is 0 Å². The standard InChI is InChI=1S/C41H54N8O4/c1-8-33(9-2)53-41-44-40(48(26-29-10-14-34(51-6)15-11-29)27-30-12-16-35(52-7)17-13-30)39-43-24-36(49(39)45-41)37(50)32-22-28(3)38(42-23-32)47-20-18-31(19-21-47)25-46(4)5/h10-17,22-24,31,33,37,50H,8-9,18-21,25-27H2,1-7H3. The zero-order valence-electron chi connectivity index (χ0n) is 32.2. The second-order valence-electron chi connectivity index (χ2n) is 14.2. The second kappa shape index (κ2) is 17.3. The summed E-state index contributed by atoms with van der Waals surface area (Å²) in [5.74, 6) is 3.84. The van der Waals surface area contributed by atoms with Crippen molar-refractivity contribution in [3.63, 3.8) is 0 Å². The molecule has 1 atom stereocenters. The number of fused-ring (bicyclic) bond motifs is 1. The van der Waals surface area contributed by atoms with Crippen LogP contribution in [0.1, 0.15) is 73.6 Å². The summed E-state index contributed by atoms with van der Waals surface area (Å²) in [6.07, 6.45) is 6.25. The Morgan fingerprint density at radius 2 is 1.47 bits per heavy atom. The maximum atomic E-state index is 11.9. The highest BCUT2D eigenvalue weighted by Crippen LogP contribution is 2.32. The van der Waals surface area contributed by atoms with Crippen molar-refractivity contribution in [2.45, 2.75) is 71.8 Å². The van der Waals surface area contributed by atoms with Gasteiger partial charge in [-0.05, 0) is 99.6 Å². The fraction of sp³-hybridized carbons (Fsp3) is 0.463. The Hall–Kier alpha value is -4.94. The molecule has 1 unspecified atom stereocenters. The summed E-state index contributed by atoms with van der Waals surface area (Å²) in [6.45, 7) is 10.4. The van der Waals surface area contributed by atoms with Crippen molar-refractivity contribution < 1.29 is 19.3 Å². The van der Waals surface area contributed by atoms with Crippen molar-refractivity contribution in [3.05, 3.63) is 94.9 Å². The molecule has 0 radical (unpaired) electrons. The molecule has 4 heterocycles. The minimum Gasteiger partial charge on any atom is -0.497 e. The fourth-order valence-electron chi connectivity index (χ4n) is 7.11. The molecule has 12 nitrogen and oxygen atoms in total. The van der Waals surface area contributed by atoms with Gasteiger partial charge in [0.05, 0.1) is 26.1 Å². The summed E-state index contributed by atoms with van der Waals surface area (Å²) < 4.78 is 18.9. The number of hydrogen-bond acceptors (Lipinski definition) is 11. The molecule has 5 aromatic rings.